The molecular formula is C26H53NO4P+. The average Bonchev–Trinajstić information content (AvgIpc) is 2.67. The van der Waals surface area contributed by atoms with E-state index >= 15 is 0 Å². The van der Waals surface area contributed by atoms with Gasteiger partial charge in [0.05, 0.1) is 21.1 Å². The second-order valence-corrected chi connectivity index (χ2v) is 12.3. The first-order chi connectivity index (χ1) is 15.0. The Kier molecular flexibility index (Phi) is 17.7. The molecule has 0 amide bonds. The topological polar surface area (TPSA) is 77.8 Å². The summed E-state index contributed by atoms with van der Waals surface area (Å²) in [4.78, 5) is 19.2. The Hall–Kier alpha value is -0.450. The molecular weight excluding hydrogens is 421 g/mol. The van der Waals surface area contributed by atoms with E-state index in [-0.39, 0.29) is 13.0 Å². The molecule has 0 saturated heterocycles. The molecule has 6 heteroatoms. The van der Waals surface area contributed by atoms with Gasteiger partial charge in [-0.15, -0.1) is 0 Å². The highest BCUT2D eigenvalue weighted by Gasteiger charge is 2.48. The van der Waals surface area contributed by atoms with Crippen molar-refractivity contribution in [1.29, 1.82) is 0 Å². The fraction of sp³-hybridized carbons (Fsp3) is 0.846. The monoisotopic (exact) mass is 474 g/mol. The number of likely N-dealkylation sites (N-methyl/N-ethyl adjacent to an activating group) is 1. The van der Waals surface area contributed by atoms with Gasteiger partial charge in [-0.2, -0.15) is 0 Å². The SMILES string of the molecule is CCCC/C=C\CCCCCCCCCC/C=C\CCCC(O)(C[N+](C)(C)C)P(=O)(O)O. The molecule has 0 fully saturated rings. The third-order valence-corrected chi connectivity index (χ3v) is 7.22. The van der Waals surface area contributed by atoms with Gasteiger partial charge in [-0.3, -0.25) is 4.57 Å². The van der Waals surface area contributed by atoms with Gasteiger partial charge >= 0.3 is 7.60 Å². The van der Waals surface area contributed by atoms with Crippen molar-refractivity contribution in [1.82, 2.24) is 0 Å². The molecule has 1 atom stereocenters. The number of allylic oxidation sites excluding steroid dienone is 4. The van der Waals surface area contributed by atoms with E-state index in [4.69, 9.17) is 0 Å². The molecule has 0 aromatic rings. The van der Waals surface area contributed by atoms with Crippen molar-refractivity contribution in [2.75, 3.05) is 27.7 Å². The van der Waals surface area contributed by atoms with Crippen molar-refractivity contribution in [3.63, 3.8) is 0 Å². The van der Waals surface area contributed by atoms with Gasteiger partial charge in [0, 0.05) is 0 Å². The lowest BCUT2D eigenvalue weighted by molar-refractivity contribution is -0.875. The Morgan fingerprint density at radius 1 is 0.688 bits per heavy atom. The summed E-state index contributed by atoms with van der Waals surface area (Å²) in [5, 5.41) is 8.58. The Morgan fingerprint density at radius 3 is 1.44 bits per heavy atom. The standard InChI is InChI=1S/C26H52NO4P/c1-5-6-7-8-9-10-11-12-13-14-15-16-17-18-19-20-21-22-23-24-26(28,32(29,30)31)25-27(2,3)4/h8-9,20-21,28H,5-7,10-19,22-25H2,1-4H3,(H-,29,30,31)/p+1/b9-8-,21-20-. The Bertz CT molecular complexity index is 551. The predicted molar refractivity (Wildman–Crippen MR) is 138 cm³/mol. The van der Waals surface area contributed by atoms with Gasteiger partial charge in [-0.1, -0.05) is 82.6 Å². The van der Waals surface area contributed by atoms with Crippen molar-refractivity contribution in [3.05, 3.63) is 24.3 Å². The van der Waals surface area contributed by atoms with Gasteiger partial charge in [0.1, 0.15) is 6.54 Å². The molecule has 0 rings (SSSR count). The minimum absolute atomic E-state index is 0.0388. The van der Waals surface area contributed by atoms with Crippen LogP contribution in [-0.2, 0) is 4.57 Å². The molecule has 0 aliphatic carbocycles. The summed E-state index contributed by atoms with van der Waals surface area (Å²) in [6, 6.07) is 0. The zero-order valence-corrected chi connectivity index (χ0v) is 22.4. The van der Waals surface area contributed by atoms with E-state index in [2.05, 4.69) is 31.2 Å². The molecule has 3 N–H and O–H groups in total. The lowest BCUT2D eigenvalue weighted by Gasteiger charge is -2.35. The van der Waals surface area contributed by atoms with Gasteiger partial charge in [0.15, 0.2) is 0 Å². The smallest absolute Gasteiger partial charge is 0.362 e. The van der Waals surface area contributed by atoms with Gasteiger partial charge in [-0.25, -0.2) is 0 Å². The van der Waals surface area contributed by atoms with Crippen molar-refractivity contribution >= 4 is 7.60 Å². The number of unbranched alkanes of at least 4 members (excludes halogenated alkanes) is 12. The maximum absolute atomic E-state index is 11.8. The molecule has 0 spiro atoms. The fourth-order valence-corrected chi connectivity index (χ4v) is 5.02. The minimum atomic E-state index is -4.57. The molecule has 0 bridgehead atoms. The first-order valence-electron chi connectivity index (χ1n) is 12.9. The summed E-state index contributed by atoms with van der Waals surface area (Å²) in [6.45, 7) is 2.28. The molecule has 190 valence electrons. The fourth-order valence-electron chi connectivity index (χ4n) is 3.96. The summed E-state index contributed by atoms with van der Waals surface area (Å²) < 4.78 is 12.1. The van der Waals surface area contributed by atoms with Gasteiger partial charge in [0.2, 0.25) is 5.34 Å². The number of nitrogens with zero attached hydrogens (tertiary/aromatic N) is 1. The van der Waals surface area contributed by atoms with Gasteiger partial charge < -0.3 is 19.4 Å². The van der Waals surface area contributed by atoms with Crippen molar-refractivity contribution in [2.24, 2.45) is 0 Å². The molecule has 0 aliphatic rings. The largest absolute Gasteiger partial charge is 0.373 e. The Morgan fingerprint density at radius 2 is 1.06 bits per heavy atom. The zero-order valence-electron chi connectivity index (χ0n) is 21.5. The number of hydrogen-bond donors (Lipinski definition) is 3. The molecule has 0 aromatic heterocycles. The third kappa shape index (κ3) is 18.0. The molecule has 0 aromatic carbocycles. The van der Waals surface area contributed by atoms with Gasteiger partial charge in [0.25, 0.3) is 0 Å². The normalized spacial score (nSPS) is 15.1. The van der Waals surface area contributed by atoms with E-state index in [1.54, 1.807) is 0 Å². The molecule has 0 radical (unpaired) electrons. The van der Waals surface area contributed by atoms with E-state index in [0.29, 0.717) is 10.9 Å². The zero-order chi connectivity index (χ0) is 24.3. The highest BCUT2D eigenvalue weighted by atomic mass is 31.2. The van der Waals surface area contributed by atoms with Crippen LogP contribution in [0.2, 0.25) is 0 Å². The summed E-state index contributed by atoms with van der Waals surface area (Å²) >= 11 is 0. The molecule has 5 nitrogen and oxygen atoms in total. The second kappa shape index (κ2) is 18.0. The van der Waals surface area contributed by atoms with Crippen LogP contribution < -0.4 is 0 Å². The summed E-state index contributed by atoms with van der Waals surface area (Å²) in [6.07, 6.45) is 27.0. The quantitative estimate of drug-likeness (QED) is 0.0729. The first-order valence-corrected chi connectivity index (χ1v) is 14.5. The van der Waals surface area contributed by atoms with E-state index < -0.39 is 12.9 Å². The molecule has 32 heavy (non-hydrogen) atoms. The Balaban J connectivity index is 3.67. The molecule has 1 unspecified atom stereocenters. The van der Waals surface area contributed by atoms with E-state index in [9.17, 15) is 19.5 Å². The summed E-state index contributed by atoms with van der Waals surface area (Å²) in [5.41, 5.74) is 0. The van der Waals surface area contributed by atoms with Crippen LogP contribution in [0.3, 0.4) is 0 Å². The predicted octanol–water partition coefficient (Wildman–Crippen LogP) is 6.93. The Labute approximate surface area is 198 Å². The van der Waals surface area contributed by atoms with Crippen LogP contribution in [0.25, 0.3) is 0 Å². The highest BCUT2D eigenvalue weighted by Crippen LogP contribution is 2.52. The maximum Gasteiger partial charge on any atom is 0.362 e. The number of quaternary nitrogens is 1. The van der Waals surface area contributed by atoms with E-state index in [0.717, 1.165) is 12.8 Å². The van der Waals surface area contributed by atoms with Crippen LogP contribution in [0.1, 0.15) is 110 Å². The summed E-state index contributed by atoms with van der Waals surface area (Å²) in [5.74, 6) is 0. The van der Waals surface area contributed by atoms with Crippen LogP contribution in [0.5, 0.6) is 0 Å². The number of aliphatic hydroxyl groups is 1. The van der Waals surface area contributed by atoms with E-state index in [1.807, 2.05) is 21.1 Å². The van der Waals surface area contributed by atoms with Crippen molar-refractivity contribution in [2.45, 2.75) is 115 Å². The first kappa shape index (κ1) is 31.6. The van der Waals surface area contributed by atoms with Gasteiger partial charge in [-0.05, 0) is 51.4 Å². The number of hydrogen-bond acceptors (Lipinski definition) is 2. The average molecular weight is 475 g/mol. The van der Waals surface area contributed by atoms with Crippen LogP contribution in [0, 0.1) is 0 Å². The lowest BCUT2D eigenvalue weighted by atomic mass is 10.1. The van der Waals surface area contributed by atoms with Crippen LogP contribution in [0.15, 0.2) is 24.3 Å². The third-order valence-electron chi connectivity index (χ3n) is 5.77. The van der Waals surface area contributed by atoms with Crippen molar-refractivity contribution < 1.29 is 23.9 Å². The lowest BCUT2D eigenvalue weighted by Crippen LogP contribution is -2.49. The summed E-state index contributed by atoms with van der Waals surface area (Å²) in [7, 11) is 0.919. The van der Waals surface area contributed by atoms with Crippen LogP contribution in [-0.4, -0.2) is 52.4 Å². The molecule has 0 saturated carbocycles. The highest BCUT2D eigenvalue weighted by molar-refractivity contribution is 7.53. The molecule has 0 aliphatic heterocycles. The minimum Gasteiger partial charge on any atom is -0.373 e. The van der Waals surface area contributed by atoms with E-state index in [1.165, 1.54) is 77.0 Å². The number of rotatable bonds is 21. The van der Waals surface area contributed by atoms with Crippen molar-refractivity contribution in [3.8, 4) is 0 Å². The maximum atomic E-state index is 11.8. The van der Waals surface area contributed by atoms with Crippen LogP contribution in [0.4, 0.5) is 0 Å². The molecule has 0 heterocycles. The van der Waals surface area contributed by atoms with Crippen LogP contribution >= 0.6 is 7.60 Å². The second-order valence-electron chi connectivity index (χ2n) is 10.4.